The molecule has 0 unspecified atom stereocenters. The summed E-state index contributed by atoms with van der Waals surface area (Å²) in [6.07, 6.45) is -4.41. The molecule has 0 aliphatic heterocycles. The number of hydrogen-bond donors (Lipinski definition) is 1. The number of hydrogen-bond acceptors (Lipinski definition) is 2. The van der Waals surface area contributed by atoms with Gasteiger partial charge >= 0.3 is 6.18 Å². The lowest BCUT2D eigenvalue weighted by Gasteiger charge is -2.08. The Hall–Kier alpha value is -2.30. The summed E-state index contributed by atoms with van der Waals surface area (Å²) in [6, 6.07) is 10.5. The Labute approximate surface area is 107 Å². The molecule has 2 aromatic rings. The Kier molecular flexibility index (Phi) is 3.29. The Morgan fingerprint density at radius 1 is 0.947 bits per heavy atom. The maximum atomic E-state index is 12.4. The van der Waals surface area contributed by atoms with Crippen molar-refractivity contribution in [1.29, 1.82) is 0 Å². The van der Waals surface area contributed by atoms with Crippen LogP contribution in [0.5, 0.6) is 0 Å². The molecule has 19 heavy (non-hydrogen) atoms. The fourth-order valence-electron chi connectivity index (χ4n) is 1.67. The summed E-state index contributed by atoms with van der Waals surface area (Å²) in [5.41, 5.74) is 5.62. The zero-order valence-corrected chi connectivity index (χ0v) is 9.74. The predicted molar refractivity (Wildman–Crippen MR) is 65.7 cm³/mol. The summed E-state index contributed by atoms with van der Waals surface area (Å²) in [4.78, 5) is 12.1. The highest BCUT2D eigenvalue weighted by atomic mass is 19.4. The van der Waals surface area contributed by atoms with Gasteiger partial charge in [-0.25, -0.2) is 0 Å². The maximum Gasteiger partial charge on any atom is 0.416 e. The smallest absolute Gasteiger partial charge is 0.398 e. The van der Waals surface area contributed by atoms with E-state index in [-0.39, 0.29) is 11.1 Å². The fourth-order valence-corrected chi connectivity index (χ4v) is 1.67. The van der Waals surface area contributed by atoms with Crippen LogP contribution >= 0.6 is 0 Å². The van der Waals surface area contributed by atoms with Gasteiger partial charge in [0.05, 0.1) is 5.56 Å². The molecule has 0 bridgehead atoms. The average molecular weight is 265 g/mol. The molecule has 5 heteroatoms. The molecule has 0 spiro atoms. The molecule has 0 aliphatic carbocycles. The highest BCUT2D eigenvalue weighted by Gasteiger charge is 2.30. The van der Waals surface area contributed by atoms with Crippen LogP contribution in [0.1, 0.15) is 21.5 Å². The van der Waals surface area contributed by atoms with Crippen molar-refractivity contribution in [1.82, 2.24) is 0 Å². The first-order chi connectivity index (χ1) is 8.89. The van der Waals surface area contributed by atoms with Gasteiger partial charge in [-0.2, -0.15) is 13.2 Å². The van der Waals surface area contributed by atoms with E-state index in [2.05, 4.69) is 0 Å². The number of para-hydroxylation sites is 1. The van der Waals surface area contributed by atoms with Crippen molar-refractivity contribution < 1.29 is 18.0 Å². The zero-order chi connectivity index (χ0) is 14.0. The number of carbonyl (C=O) groups excluding carboxylic acids is 1. The molecular formula is C14H10F3NO. The van der Waals surface area contributed by atoms with Crippen molar-refractivity contribution in [2.45, 2.75) is 6.18 Å². The number of benzene rings is 2. The van der Waals surface area contributed by atoms with Gasteiger partial charge in [0.25, 0.3) is 0 Å². The predicted octanol–water partition coefficient (Wildman–Crippen LogP) is 3.52. The van der Waals surface area contributed by atoms with Gasteiger partial charge in [0.2, 0.25) is 0 Å². The molecule has 0 heterocycles. The Balaban J connectivity index is 2.34. The van der Waals surface area contributed by atoms with Crippen LogP contribution in [0.2, 0.25) is 0 Å². The number of nitrogens with two attached hydrogens (primary N) is 1. The van der Waals surface area contributed by atoms with Gasteiger partial charge in [-0.1, -0.05) is 24.3 Å². The van der Waals surface area contributed by atoms with Crippen molar-refractivity contribution in [3.63, 3.8) is 0 Å². The molecule has 0 radical (unpaired) electrons. The number of rotatable bonds is 2. The van der Waals surface area contributed by atoms with Crippen LogP contribution in [0.25, 0.3) is 0 Å². The van der Waals surface area contributed by atoms with Crippen LogP contribution in [-0.4, -0.2) is 5.78 Å². The molecule has 0 saturated carbocycles. The third-order valence-corrected chi connectivity index (χ3v) is 2.68. The number of anilines is 1. The van der Waals surface area contributed by atoms with Crippen LogP contribution in [0.3, 0.4) is 0 Å². The van der Waals surface area contributed by atoms with E-state index in [0.29, 0.717) is 5.69 Å². The van der Waals surface area contributed by atoms with Gasteiger partial charge < -0.3 is 5.73 Å². The molecular weight excluding hydrogens is 255 g/mol. The van der Waals surface area contributed by atoms with E-state index in [1.165, 1.54) is 6.07 Å². The highest BCUT2D eigenvalue weighted by molar-refractivity contribution is 6.12. The topological polar surface area (TPSA) is 43.1 Å². The van der Waals surface area contributed by atoms with E-state index in [1.54, 1.807) is 18.2 Å². The number of alkyl halides is 3. The summed E-state index contributed by atoms with van der Waals surface area (Å²) in [5.74, 6) is -0.396. The maximum absolute atomic E-state index is 12.4. The standard InChI is InChI=1S/C14H10F3NO/c15-14(16,17)10-7-5-9(6-8-10)13(19)11-3-1-2-4-12(11)18/h1-8H,18H2. The van der Waals surface area contributed by atoms with Crippen LogP contribution in [0.15, 0.2) is 48.5 Å². The Bertz CT molecular complexity index is 603. The van der Waals surface area contributed by atoms with Crippen LogP contribution < -0.4 is 5.73 Å². The van der Waals surface area contributed by atoms with E-state index < -0.39 is 17.5 Å². The third kappa shape index (κ3) is 2.76. The largest absolute Gasteiger partial charge is 0.416 e. The van der Waals surface area contributed by atoms with Crippen molar-refractivity contribution in [3.05, 3.63) is 65.2 Å². The lowest BCUT2D eigenvalue weighted by molar-refractivity contribution is -0.137. The summed E-state index contributed by atoms with van der Waals surface area (Å²) in [6.45, 7) is 0. The molecule has 2 nitrogen and oxygen atoms in total. The number of nitrogen functional groups attached to an aromatic ring is 1. The lowest BCUT2D eigenvalue weighted by atomic mass is 10.0. The minimum absolute atomic E-state index is 0.172. The minimum atomic E-state index is -4.41. The minimum Gasteiger partial charge on any atom is -0.398 e. The van der Waals surface area contributed by atoms with Gasteiger partial charge in [0, 0.05) is 16.8 Å². The van der Waals surface area contributed by atoms with Crippen molar-refractivity contribution in [2.24, 2.45) is 0 Å². The molecule has 98 valence electrons. The normalized spacial score (nSPS) is 11.3. The first-order valence-electron chi connectivity index (χ1n) is 5.46. The summed E-state index contributed by atoms with van der Waals surface area (Å²) < 4.78 is 37.2. The van der Waals surface area contributed by atoms with Crippen molar-refractivity contribution in [3.8, 4) is 0 Å². The molecule has 0 fully saturated rings. The third-order valence-electron chi connectivity index (χ3n) is 2.68. The quantitative estimate of drug-likeness (QED) is 0.667. The molecule has 2 aromatic carbocycles. The molecule has 0 amide bonds. The first-order valence-corrected chi connectivity index (χ1v) is 5.46. The first kappa shape index (κ1) is 13.1. The van der Waals surface area contributed by atoms with E-state index >= 15 is 0 Å². The molecule has 0 saturated heterocycles. The van der Waals surface area contributed by atoms with Gasteiger partial charge in [0.15, 0.2) is 5.78 Å². The van der Waals surface area contributed by atoms with E-state index in [4.69, 9.17) is 5.73 Å². The molecule has 0 atom stereocenters. The molecule has 0 aromatic heterocycles. The van der Waals surface area contributed by atoms with Gasteiger partial charge in [-0.3, -0.25) is 4.79 Å². The molecule has 2 N–H and O–H groups in total. The van der Waals surface area contributed by atoms with Gasteiger partial charge in [-0.15, -0.1) is 0 Å². The van der Waals surface area contributed by atoms with Crippen LogP contribution in [0.4, 0.5) is 18.9 Å². The number of carbonyl (C=O) groups is 1. The van der Waals surface area contributed by atoms with Crippen LogP contribution in [-0.2, 0) is 6.18 Å². The lowest BCUT2D eigenvalue weighted by Crippen LogP contribution is -2.08. The van der Waals surface area contributed by atoms with E-state index in [0.717, 1.165) is 24.3 Å². The summed E-state index contributed by atoms with van der Waals surface area (Å²) in [7, 11) is 0. The number of halogens is 3. The summed E-state index contributed by atoms with van der Waals surface area (Å²) in [5, 5.41) is 0. The van der Waals surface area contributed by atoms with Crippen molar-refractivity contribution in [2.75, 3.05) is 5.73 Å². The SMILES string of the molecule is Nc1ccccc1C(=O)c1ccc(C(F)(F)F)cc1. The van der Waals surface area contributed by atoms with E-state index in [9.17, 15) is 18.0 Å². The zero-order valence-electron chi connectivity index (χ0n) is 9.74. The van der Waals surface area contributed by atoms with Gasteiger partial charge in [0.1, 0.15) is 0 Å². The second-order valence-corrected chi connectivity index (χ2v) is 3.99. The van der Waals surface area contributed by atoms with Crippen molar-refractivity contribution >= 4 is 11.5 Å². The molecule has 0 aliphatic rings. The second kappa shape index (κ2) is 4.76. The fraction of sp³-hybridized carbons (Fsp3) is 0.0714. The van der Waals surface area contributed by atoms with Gasteiger partial charge in [-0.05, 0) is 24.3 Å². The monoisotopic (exact) mass is 265 g/mol. The highest BCUT2D eigenvalue weighted by Crippen LogP contribution is 2.29. The van der Waals surface area contributed by atoms with E-state index in [1.807, 2.05) is 0 Å². The van der Waals surface area contributed by atoms with Crippen LogP contribution in [0, 0.1) is 0 Å². The summed E-state index contributed by atoms with van der Waals surface area (Å²) >= 11 is 0. The second-order valence-electron chi connectivity index (χ2n) is 3.99. The molecule has 2 rings (SSSR count). The average Bonchev–Trinajstić information content (AvgIpc) is 2.38. The number of ketones is 1. The Morgan fingerprint density at radius 2 is 1.53 bits per heavy atom. The Morgan fingerprint density at radius 3 is 2.05 bits per heavy atom.